The molecule has 0 saturated heterocycles. The van der Waals surface area contributed by atoms with E-state index in [1.54, 1.807) is 0 Å². The number of amides is 1. The van der Waals surface area contributed by atoms with Gasteiger partial charge in [0, 0.05) is 30.2 Å². The highest BCUT2D eigenvalue weighted by atomic mass is 32.2. The Labute approximate surface area is 101 Å². The zero-order chi connectivity index (χ0) is 11.5. The lowest BCUT2D eigenvalue weighted by Crippen LogP contribution is -2.30. The van der Waals surface area contributed by atoms with Crippen LogP contribution in [0.2, 0.25) is 0 Å². The largest absolute Gasteiger partial charge is 0.338 e. The molecule has 0 bridgehead atoms. The highest BCUT2D eigenvalue weighted by molar-refractivity contribution is 7.99. The van der Waals surface area contributed by atoms with E-state index in [1.165, 1.54) is 16.0 Å². The van der Waals surface area contributed by atoms with E-state index in [0.717, 1.165) is 18.8 Å². The minimum Gasteiger partial charge on any atom is -0.338 e. The van der Waals surface area contributed by atoms with Crippen LogP contribution in [0, 0.1) is 6.92 Å². The molecule has 2 rings (SSSR count). The summed E-state index contributed by atoms with van der Waals surface area (Å²) in [5.41, 5.74) is 2.56. The van der Waals surface area contributed by atoms with Crippen molar-refractivity contribution in [2.24, 2.45) is 0 Å². The summed E-state index contributed by atoms with van der Waals surface area (Å²) in [6.45, 7) is 5.67. The number of carbonyl (C=O) groups is 1. The second-order valence-electron chi connectivity index (χ2n) is 4.13. The summed E-state index contributed by atoms with van der Waals surface area (Å²) >= 11 is 1.86. The number of nitrogens with zero attached hydrogens (tertiary/aromatic N) is 1. The van der Waals surface area contributed by atoms with Gasteiger partial charge in [-0.15, -0.1) is 11.8 Å². The number of fused-ring (bicyclic) bond motifs is 1. The van der Waals surface area contributed by atoms with Gasteiger partial charge in [0.05, 0.1) is 0 Å². The molecule has 1 aliphatic rings. The fourth-order valence-electron chi connectivity index (χ4n) is 1.96. The lowest BCUT2D eigenvalue weighted by molar-refractivity contribution is -0.131. The predicted octanol–water partition coefficient (Wildman–Crippen LogP) is 2.84. The van der Waals surface area contributed by atoms with E-state index in [1.807, 2.05) is 23.6 Å². The second-order valence-corrected chi connectivity index (χ2v) is 5.27. The molecular formula is C13H17NOS. The van der Waals surface area contributed by atoms with Crippen LogP contribution in [0.25, 0.3) is 0 Å². The fourth-order valence-corrected chi connectivity index (χ4v) is 2.96. The van der Waals surface area contributed by atoms with Crippen molar-refractivity contribution in [1.82, 2.24) is 4.90 Å². The van der Waals surface area contributed by atoms with Crippen molar-refractivity contribution in [2.75, 3.05) is 12.3 Å². The first kappa shape index (κ1) is 11.5. The molecule has 86 valence electrons. The Morgan fingerprint density at radius 1 is 1.50 bits per heavy atom. The van der Waals surface area contributed by atoms with Gasteiger partial charge in [0.2, 0.25) is 5.91 Å². The third kappa shape index (κ3) is 2.40. The highest BCUT2D eigenvalue weighted by Crippen LogP contribution is 2.28. The molecule has 16 heavy (non-hydrogen) atoms. The number of hydrogen-bond acceptors (Lipinski definition) is 2. The van der Waals surface area contributed by atoms with Crippen molar-refractivity contribution in [1.29, 1.82) is 0 Å². The van der Waals surface area contributed by atoms with Crippen molar-refractivity contribution < 1.29 is 4.79 Å². The molecule has 0 aliphatic carbocycles. The lowest BCUT2D eigenvalue weighted by Gasteiger charge is -2.19. The van der Waals surface area contributed by atoms with Crippen LogP contribution in [0.4, 0.5) is 0 Å². The Hall–Kier alpha value is -0.960. The van der Waals surface area contributed by atoms with Gasteiger partial charge in [0.25, 0.3) is 0 Å². The second kappa shape index (κ2) is 4.91. The molecule has 1 aromatic rings. The van der Waals surface area contributed by atoms with E-state index in [2.05, 4.69) is 25.1 Å². The number of thioether (sulfide) groups is 1. The van der Waals surface area contributed by atoms with E-state index in [0.29, 0.717) is 6.42 Å². The van der Waals surface area contributed by atoms with Crippen molar-refractivity contribution in [2.45, 2.75) is 31.7 Å². The summed E-state index contributed by atoms with van der Waals surface area (Å²) in [5, 5.41) is 0. The van der Waals surface area contributed by atoms with Gasteiger partial charge in [-0.25, -0.2) is 0 Å². The number of carbonyl (C=O) groups excluding carboxylic acids is 1. The quantitative estimate of drug-likeness (QED) is 0.746. The molecule has 3 heteroatoms. The Bertz CT molecular complexity index is 403. The van der Waals surface area contributed by atoms with Crippen LogP contribution < -0.4 is 0 Å². The van der Waals surface area contributed by atoms with Gasteiger partial charge < -0.3 is 4.90 Å². The molecule has 0 aromatic heterocycles. The maximum atomic E-state index is 11.7. The maximum Gasteiger partial charge on any atom is 0.222 e. The number of hydrogen-bond donors (Lipinski definition) is 0. The summed E-state index contributed by atoms with van der Waals surface area (Å²) in [4.78, 5) is 15.0. The topological polar surface area (TPSA) is 20.3 Å². The van der Waals surface area contributed by atoms with Gasteiger partial charge in [0.15, 0.2) is 0 Å². The van der Waals surface area contributed by atoms with Crippen LogP contribution in [-0.2, 0) is 11.3 Å². The molecule has 0 unspecified atom stereocenters. The lowest BCUT2D eigenvalue weighted by atomic mass is 10.1. The van der Waals surface area contributed by atoms with Gasteiger partial charge in [-0.05, 0) is 18.6 Å². The molecular weight excluding hydrogens is 218 g/mol. The van der Waals surface area contributed by atoms with E-state index in [4.69, 9.17) is 0 Å². The standard InChI is InChI=1S/C13H17NOS/c1-3-13(15)14-6-7-16-12-5-4-10(2)8-11(12)9-14/h4-5,8H,3,6-7,9H2,1-2H3. The summed E-state index contributed by atoms with van der Waals surface area (Å²) in [7, 11) is 0. The molecule has 0 N–H and O–H groups in total. The van der Waals surface area contributed by atoms with Crippen LogP contribution in [0.5, 0.6) is 0 Å². The molecule has 1 amide bonds. The summed E-state index contributed by atoms with van der Waals surface area (Å²) < 4.78 is 0. The van der Waals surface area contributed by atoms with Crippen molar-refractivity contribution in [3.05, 3.63) is 29.3 Å². The summed E-state index contributed by atoms with van der Waals surface area (Å²) in [6.07, 6.45) is 0.603. The van der Waals surface area contributed by atoms with Crippen LogP contribution in [0.3, 0.4) is 0 Å². The molecule has 1 heterocycles. The molecule has 1 aliphatic heterocycles. The molecule has 0 radical (unpaired) electrons. The number of rotatable bonds is 1. The number of benzene rings is 1. The molecule has 0 fully saturated rings. The Morgan fingerprint density at radius 2 is 2.31 bits per heavy atom. The minimum atomic E-state index is 0.259. The van der Waals surface area contributed by atoms with Crippen molar-refractivity contribution in [3.63, 3.8) is 0 Å². The summed E-state index contributed by atoms with van der Waals surface area (Å²) in [6, 6.07) is 6.52. The van der Waals surface area contributed by atoms with E-state index < -0.39 is 0 Å². The smallest absolute Gasteiger partial charge is 0.222 e. The first-order valence-electron chi connectivity index (χ1n) is 5.71. The average Bonchev–Trinajstić information content (AvgIpc) is 2.49. The Balaban J connectivity index is 2.25. The maximum absolute atomic E-state index is 11.7. The van der Waals surface area contributed by atoms with Crippen LogP contribution in [0.1, 0.15) is 24.5 Å². The van der Waals surface area contributed by atoms with Crippen LogP contribution in [0.15, 0.2) is 23.1 Å². The van der Waals surface area contributed by atoms with Crippen molar-refractivity contribution in [3.8, 4) is 0 Å². The van der Waals surface area contributed by atoms with E-state index in [9.17, 15) is 4.79 Å². The third-order valence-corrected chi connectivity index (χ3v) is 3.95. The molecule has 2 nitrogen and oxygen atoms in total. The molecule has 0 saturated carbocycles. The molecule has 0 spiro atoms. The molecule has 0 atom stereocenters. The third-order valence-electron chi connectivity index (χ3n) is 2.85. The Morgan fingerprint density at radius 3 is 3.06 bits per heavy atom. The van der Waals surface area contributed by atoms with Gasteiger partial charge in [-0.3, -0.25) is 4.79 Å². The Kier molecular flexibility index (Phi) is 3.54. The zero-order valence-electron chi connectivity index (χ0n) is 9.82. The van der Waals surface area contributed by atoms with E-state index in [-0.39, 0.29) is 5.91 Å². The van der Waals surface area contributed by atoms with Crippen LogP contribution in [-0.4, -0.2) is 23.1 Å². The first-order valence-corrected chi connectivity index (χ1v) is 6.69. The SMILES string of the molecule is CCC(=O)N1CCSc2ccc(C)cc2C1. The first-order chi connectivity index (χ1) is 7.70. The van der Waals surface area contributed by atoms with Gasteiger partial charge in [-0.1, -0.05) is 24.6 Å². The average molecular weight is 235 g/mol. The van der Waals surface area contributed by atoms with Crippen molar-refractivity contribution >= 4 is 17.7 Å². The normalized spacial score (nSPS) is 15.5. The van der Waals surface area contributed by atoms with Gasteiger partial charge in [-0.2, -0.15) is 0 Å². The fraction of sp³-hybridized carbons (Fsp3) is 0.462. The van der Waals surface area contributed by atoms with Gasteiger partial charge >= 0.3 is 0 Å². The predicted molar refractivity (Wildman–Crippen MR) is 67.6 cm³/mol. The highest BCUT2D eigenvalue weighted by Gasteiger charge is 2.17. The van der Waals surface area contributed by atoms with E-state index >= 15 is 0 Å². The zero-order valence-corrected chi connectivity index (χ0v) is 10.6. The number of aryl methyl sites for hydroxylation is 1. The minimum absolute atomic E-state index is 0.259. The monoisotopic (exact) mass is 235 g/mol. The summed E-state index contributed by atoms with van der Waals surface area (Å²) in [5.74, 6) is 1.26. The molecule has 1 aromatic carbocycles. The van der Waals surface area contributed by atoms with Gasteiger partial charge in [0.1, 0.15) is 0 Å². The van der Waals surface area contributed by atoms with Crippen LogP contribution >= 0.6 is 11.8 Å².